The zero-order chi connectivity index (χ0) is 9.46. The first-order valence-corrected chi connectivity index (χ1v) is 6.80. The fraction of sp³-hybridized carbons (Fsp3) is 0.333. The van der Waals surface area contributed by atoms with Crippen molar-refractivity contribution in [3.05, 3.63) is 27.4 Å². The zero-order valence-electron chi connectivity index (χ0n) is 7.13. The second-order valence-corrected chi connectivity index (χ2v) is 6.05. The highest BCUT2D eigenvalue weighted by molar-refractivity contribution is 14.1. The monoisotopic (exact) mass is 498 g/mol. The van der Waals surface area contributed by atoms with Crippen LogP contribution in [0.4, 0.5) is 0 Å². The molecule has 0 unspecified atom stereocenters. The standard InChI is InChI=1S/C9H9I3/c1-4-5(2)8(11)9(12)6(3)7(4)10/h1-3H3. The number of hydrogen-bond donors (Lipinski definition) is 0. The summed E-state index contributed by atoms with van der Waals surface area (Å²) < 4.78 is 4.22. The van der Waals surface area contributed by atoms with Crippen molar-refractivity contribution in [3.8, 4) is 0 Å². The quantitative estimate of drug-likeness (QED) is 0.368. The van der Waals surface area contributed by atoms with Crippen LogP contribution in [0.2, 0.25) is 0 Å². The minimum absolute atomic E-state index is 1.40. The van der Waals surface area contributed by atoms with Crippen LogP contribution in [0.15, 0.2) is 0 Å². The van der Waals surface area contributed by atoms with Crippen LogP contribution in [0, 0.1) is 31.5 Å². The lowest BCUT2D eigenvalue weighted by Gasteiger charge is -2.12. The third kappa shape index (κ3) is 1.92. The SMILES string of the molecule is Cc1c(C)c(I)c(I)c(C)c1I. The highest BCUT2D eigenvalue weighted by atomic mass is 127. The Morgan fingerprint density at radius 2 is 0.917 bits per heavy atom. The first-order valence-electron chi connectivity index (χ1n) is 3.57. The van der Waals surface area contributed by atoms with Gasteiger partial charge in [0, 0.05) is 10.7 Å². The summed E-state index contributed by atoms with van der Waals surface area (Å²) in [4.78, 5) is 0. The molecule has 0 aliphatic heterocycles. The fourth-order valence-corrected chi connectivity index (χ4v) is 3.71. The van der Waals surface area contributed by atoms with E-state index >= 15 is 0 Å². The molecule has 0 bridgehead atoms. The van der Waals surface area contributed by atoms with Gasteiger partial charge in [0.2, 0.25) is 0 Å². The van der Waals surface area contributed by atoms with Crippen molar-refractivity contribution >= 4 is 67.8 Å². The van der Waals surface area contributed by atoms with Gasteiger partial charge in [0.05, 0.1) is 0 Å². The van der Waals surface area contributed by atoms with Gasteiger partial charge in [-0.2, -0.15) is 0 Å². The number of hydrogen-bond acceptors (Lipinski definition) is 0. The number of benzene rings is 1. The predicted molar refractivity (Wildman–Crippen MR) is 78.8 cm³/mol. The van der Waals surface area contributed by atoms with Crippen molar-refractivity contribution in [2.75, 3.05) is 0 Å². The lowest BCUT2D eigenvalue weighted by molar-refractivity contribution is 1.22. The van der Waals surface area contributed by atoms with Crippen LogP contribution in [0.1, 0.15) is 16.7 Å². The second-order valence-electron chi connectivity index (χ2n) is 2.82. The Morgan fingerprint density at radius 3 is 1.42 bits per heavy atom. The lowest BCUT2D eigenvalue weighted by atomic mass is 10.1. The minimum atomic E-state index is 1.40. The maximum atomic E-state index is 2.43. The summed E-state index contributed by atoms with van der Waals surface area (Å²) in [5.74, 6) is 0. The van der Waals surface area contributed by atoms with Crippen molar-refractivity contribution in [2.24, 2.45) is 0 Å². The summed E-state index contributed by atoms with van der Waals surface area (Å²) in [6, 6.07) is 0. The molecule has 0 nitrogen and oxygen atoms in total. The molecule has 0 fully saturated rings. The molecule has 0 spiro atoms. The van der Waals surface area contributed by atoms with Crippen LogP contribution in [0.25, 0.3) is 0 Å². The van der Waals surface area contributed by atoms with E-state index in [2.05, 4.69) is 88.5 Å². The Hall–Kier alpha value is 1.41. The summed E-state index contributed by atoms with van der Waals surface area (Å²) in [5, 5.41) is 0. The smallest absolute Gasteiger partial charge is 0.0306 e. The third-order valence-corrected chi connectivity index (χ3v) is 7.42. The summed E-state index contributed by atoms with van der Waals surface area (Å²) in [6.07, 6.45) is 0. The average molecular weight is 498 g/mol. The van der Waals surface area contributed by atoms with Crippen LogP contribution in [-0.4, -0.2) is 0 Å². The normalized spacial score (nSPS) is 10.5. The average Bonchev–Trinajstić information content (AvgIpc) is 2.08. The van der Waals surface area contributed by atoms with Gasteiger partial charge >= 0.3 is 0 Å². The van der Waals surface area contributed by atoms with Crippen LogP contribution in [-0.2, 0) is 0 Å². The molecule has 1 aromatic carbocycles. The molecule has 0 atom stereocenters. The Balaban J connectivity index is 3.60. The van der Waals surface area contributed by atoms with E-state index in [9.17, 15) is 0 Å². The van der Waals surface area contributed by atoms with Gasteiger partial charge in [-0.1, -0.05) is 0 Å². The fourth-order valence-electron chi connectivity index (χ4n) is 1.04. The molecule has 0 amide bonds. The Kier molecular flexibility index (Phi) is 4.10. The van der Waals surface area contributed by atoms with E-state index in [1.807, 2.05) is 0 Å². The Bertz CT molecular complexity index is 224. The van der Waals surface area contributed by atoms with Crippen molar-refractivity contribution in [1.29, 1.82) is 0 Å². The zero-order valence-corrected chi connectivity index (χ0v) is 13.6. The lowest BCUT2D eigenvalue weighted by Crippen LogP contribution is -1.98. The molecule has 0 saturated carbocycles. The molecule has 0 aliphatic rings. The summed E-state index contributed by atoms with van der Waals surface area (Å²) in [5.41, 5.74) is 4.27. The van der Waals surface area contributed by atoms with Crippen LogP contribution >= 0.6 is 67.8 Å². The minimum Gasteiger partial charge on any atom is -0.0437 e. The Labute approximate surface area is 114 Å². The van der Waals surface area contributed by atoms with Gasteiger partial charge in [-0.3, -0.25) is 0 Å². The highest BCUT2D eigenvalue weighted by Crippen LogP contribution is 2.29. The molecule has 1 aromatic rings. The molecule has 0 N–H and O–H groups in total. The molecule has 0 aromatic heterocycles. The van der Waals surface area contributed by atoms with Crippen molar-refractivity contribution < 1.29 is 0 Å². The summed E-state index contributed by atoms with van der Waals surface area (Å²) >= 11 is 7.28. The van der Waals surface area contributed by atoms with E-state index in [-0.39, 0.29) is 0 Å². The molecule has 3 heteroatoms. The molecule has 1 rings (SSSR count). The van der Waals surface area contributed by atoms with Gasteiger partial charge in [0.1, 0.15) is 0 Å². The molecular weight excluding hydrogens is 489 g/mol. The van der Waals surface area contributed by atoms with E-state index in [4.69, 9.17) is 0 Å². The molecule has 66 valence electrons. The van der Waals surface area contributed by atoms with Crippen molar-refractivity contribution in [1.82, 2.24) is 0 Å². The van der Waals surface area contributed by atoms with Gasteiger partial charge in [0.25, 0.3) is 0 Å². The highest BCUT2D eigenvalue weighted by Gasteiger charge is 2.11. The van der Waals surface area contributed by atoms with E-state index in [1.54, 1.807) is 0 Å². The first kappa shape index (κ1) is 11.5. The number of rotatable bonds is 0. The summed E-state index contributed by atoms with van der Waals surface area (Å²) in [6.45, 7) is 6.58. The van der Waals surface area contributed by atoms with Crippen LogP contribution in [0.3, 0.4) is 0 Å². The van der Waals surface area contributed by atoms with Crippen LogP contribution in [0.5, 0.6) is 0 Å². The summed E-state index contributed by atoms with van der Waals surface area (Å²) in [7, 11) is 0. The largest absolute Gasteiger partial charge is 0.0437 e. The van der Waals surface area contributed by atoms with Gasteiger partial charge in [-0.25, -0.2) is 0 Å². The first-order chi connectivity index (χ1) is 5.46. The molecular formula is C9H9I3. The maximum Gasteiger partial charge on any atom is 0.0306 e. The number of halogens is 3. The van der Waals surface area contributed by atoms with Crippen molar-refractivity contribution in [2.45, 2.75) is 20.8 Å². The van der Waals surface area contributed by atoms with E-state index in [0.29, 0.717) is 0 Å². The van der Waals surface area contributed by atoms with Crippen molar-refractivity contribution in [3.63, 3.8) is 0 Å². The van der Waals surface area contributed by atoms with Gasteiger partial charge in [0.15, 0.2) is 0 Å². The second kappa shape index (κ2) is 4.29. The molecule has 0 heterocycles. The van der Waals surface area contributed by atoms with E-state index in [0.717, 1.165) is 0 Å². The third-order valence-electron chi connectivity index (χ3n) is 2.07. The van der Waals surface area contributed by atoms with Gasteiger partial charge in [-0.05, 0) is 105 Å². The van der Waals surface area contributed by atoms with E-state index in [1.165, 1.54) is 27.4 Å². The van der Waals surface area contributed by atoms with Crippen LogP contribution < -0.4 is 0 Å². The molecule has 12 heavy (non-hydrogen) atoms. The molecule has 0 radical (unpaired) electrons. The predicted octanol–water partition coefficient (Wildman–Crippen LogP) is 4.43. The molecule has 0 aliphatic carbocycles. The topological polar surface area (TPSA) is 0 Å². The Morgan fingerprint density at radius 1 is 0.583 bits per heavy atom. The molecule has 0 saturated heterocycles. The maximum absolute atomic E-state index is 2.43. The van der Waals surface area contributed by atoms with Gasteiger partial charge < -0.3 is 0 Å². The van der Waals surface area contributed by atoms with Gasteiger partial charge in [-0.15, -0.1) is 0 Å². The van der Waals surface area contributed by atoms with E-state index < -0.39 is 0 Å².